The van der Waals surface area contributed by atoms with Gasteiger partial charge in [-0.2, -0.15) is 0 Å². The Labute approximate surface area is 251 Å². The van der Waals surface area contributed by atoms with Gasteiger partial charge in [-0.3, -0.25) is 9.69 Å². The van der Waals surface area contributed by atoms with Crippen LogP contribution in [-0.4, -0.2) is 75.1 Å². The Morgan fingerprint density at radius 2 is 1.67 bits per heavy atom. The van der Waals surface area contributed by atoms with Crippen molar-refractivity contribution in [3.63, 3.8) is 0 Å². The van der Waals surface area contributed by atoms with Crippen LogP contribution in [-0.2, 0) is 28.8 Å². The molecule has 6 atom stereocenters. The minimum atomic E-state index is -1.22. The van der Waals surface area contributed by atoms with Gasteiger partial charge < -0.3 is 25.4 Å². The van der Waals surface area contributed by atoms with E-state index in [9.17, 15) is 24.9 Å². The van der Waals surface area contributed by atoms with Crippen LogP contribution in [0.3, 0.4) is 0 Å². The lowest BCUT2D eigenvalue weighted by Gasteiger charge is -2.40. The van der Waals surface area contributed by atoms with Gasteiger partial charge in [-0.1, -0.05) is 84.9 Å². The molecule has 1 saturated heterocycles. The summed E-state index contributed by atoms with van der Waals surface area (Å²) in [6, 6.07) is 25.7. The summed E-state index contributed by atoms with van der Waals surface area (Å²) >= 11 is 0. The first-order valence-corrected chi connectivity index (χ1v) is 15.0. The Morgan fingerprint density at radius 3 is 2.35 bits per heavy atom. The number of aliphatic hydroxyl groups is 2. The number of nitrogens with one attached hydrogen (secondary N) is 1. The summed E-state index contributed by atoms with van der Waals surface area (Å²) in [6.45, 7) is 0.723. The summed E-state index contributed by atoms with van der Waals surface area (Å²) in [4.78, 5) is 28.6. The minimum absolute atomic E-state index is 0.0138. The summed E-state index contributed by atoms with van der Waals surface area (Å²) in [6.07, 6.45) is 0.259. The zero-order valence-corrected chi connectivity index (χ0v) is 24.0. The van der Waals surface area contributed by atoms with Crippen molar-refractivity contribution in [3.05, 3.63) is 119 Å². The molecule has 43 heavy (non-hydrogen) atoms. The summed E-state index contributed by atoms with van der Waals surface area (Å²) < 4.78 is 5.54. The van der Waals surface area contributed by atoms with Crippen LogP contribution < -0.4 is 5.32 Å². The van der Waals surface area contributed by atoms with Crippen LogP contribution in [0.4, 0.5) is 4.79 Å². The van der Waals surface area contributed by atoms with E-state index < -0.39 is 41.8 Å². The molecule has 2 heterocycles. The van der Waals surface area contributed by atoms with E-state index in [1.54, 1.807) is 6.20 Å². The molecule has 3 aromatic carbocycles. The highest BCUT2D eigenvalue weighted by Crippen LogP contribution is 2.43. The number of rotatable bonds is 10. The predicted molar refractivity (Wildman–Crippen MR) is 162 cm³/mol. The number of nitrogens with zero attached hydrogens (tertiary/aromatic N) is 1. The van der Waals surface area contributed by atoms with Crippen LogP contribution in [0.15, 0.2) is 96.7 Å². The van der Waals surface area contributed by atoms with Crippen LogP contribution in [0.2, 0.25) is 0 Å². The van der Waals surface area contributed by atoms with Crippen molar-refractivity contribution in [2.75, 3.05) is 13.2 Å². The zero-order chi connectivity index (χ0) is 30.0. The first-order valence-electron chi connectivity index (χ1n) is 15.0. The standard InChI is InChI=1S/C35H38N2O6/c38-30-18-25-13-7-8-14-27(25)32(30)28-21-36-35(33(28)40,19-24-11-5-2-6-12-24)20-31(39)29(17-23-9-3-1-4-10-23)37(34(41)42)26-15-16-43-22-26/h1-14,21,26,29-32,36,38-39H,15-20,22H2,(H,41,42)/t26-,29-,30+,31-,32+,35-/m0/s1. The molecule has 3 aromatic rings. The maximum absolute atomic E-state index is 14.5. The van der Waals surface area contributed by atoms with Gasteiger partial charge in [0, 0.05) is 37.1 Å². The third kappa shape index (κ3) is 5.83. The van der Waals surface area contributed by atoms with Crippen molar-refractivity contribution in [3.8, 4) is 0 Å². The number of benzene rings is 3. The molecule has 0 bridgehead atoms. The molecule has 2 aliphatic heterocycles. The minimum Gasteiger partial charge on any atom is -0.465 e. The molecule has 224 valence electrons. The summed E-state index contributed by atoms with van der Waals surface area (Å²) in [7, 11) is 0. The topological polar surface area (TPSA) is 119 Å². The maximum atomic E-state index is 14.5. The number of carboxylic acid groups (broad SMARTS) is 1. The number of ketones is 1. The molecule has 8 nitrogen and oxygen atoms in total. The highest BCUT2D eigenvalue weighted by atomic mass is 16.5. The lowest BCUT2D eigenvalue weighted by Crippen LogP contribution is -2.58. The molecule has 0 spiro atoms. The Kier molecular flexibility index (Phi) is 8.34. The van der Waals surface area contributed by atoms with Gasteiger partial charge in [0.05, 0.1) is 30.9 Å². The molecule has 1 fully saturated rings. The van der Waals surface area contributed by atoms with E-state index >= 15 is 0 Å². The average molecular weight is 583 g/mol. The number of hydrogen-bond donors (Lipinski definition) is 4. The number of Topliss-reactive ketones (excluding diaryl/α,β-unsaturated/α-hetero) is 1. The predicted octanol–water partition coefficient (Wildman–Crippen LogP) is 3.86. The monoisotopic (exact) mass is 582 g/mol. The third-order valence-corrected chi connectivity index (χ3v) is 9.26. The van der Waals surface area contributed by atoms with Crippen LogP contribution >= 0.6 is 0 Å². The highest BCUT2D eigenvalue weighted by Gasteiger charge is 2.51. The number of ether oxygens (including phenoxy) is 1. The number of hydrogen-bond acceptors (Lipinski definition) is 6. The van der Waals surface area contributed by atoms with Gasteiger partial charge in [0.1, 0.15) is 5.54 Å². The van der Waals surface area contributed by atoms with Gasteiger partial charge in [-0.15, -0.1) is 0 Å². The number of carbonyl (C=O) groups is 2. The summed E-state index contributed by atoms with van der Waals surface area (Å²) in [5, 5.41) is 36.9. The summed E-state index contributed by atoms with van der Waals surface area (Å²) in [5.74, 6) is -0.655. The van der Waals surface area contributed by atoms with Crippen molar-refractivity contribution < 1.29 is 29.6 Å². The molecule has 3 aliphatic rings. The molecule has 0 aromatic heterocycles. The van der Waals surface area contributed by atoms with Crippen molar-refractivity contribution in [2.24, 2.45) is 0 Å². The number of aliphatic hydroxyl groups excluding tert-OH is 2. The van der Waals surface area contributed by atoms with E-state index in [0.29, 0.717) is 31.4 Å². The molecule has 8 heteroatoms. The van der Waals surface area contributed by atoms with Crippen LogP contribution in [0.5, 0.6) is 0 Å². The third-order valence-electron chi connectivity index (χ3n) is 9.26. The fraction of sp³-hybridized carbons (Fsp3) is 0.371. The van der Waals surface area contributed by atoms with Gasteiger partial charge in [0.25, 0.3) is 0 Å². The fourth-order valence-electron chi connectivity index (χ4n) is 7.18. The van der Waals surface area contributed by atoms with Crippen LogP contribution in [0, 0.1) is 0 Å². The van der Waals surface area contributed by atoms with Crippen LogP contribution in [0.1, 0.15) is 41.0 Å². The molecule has 4 N–H and O–H groups in total. The summed E-state index contributed by atoms with van der Waals surface area (Å²) in [5.41, 5.74) is 3.03. The van der Waals surface area contributed by atoms with Crippen molar-refractivity contribution in [1.82, 2.24) is 10.2 Å². The van der Waals surface area contributed by atoms with Crippen molar-refractivity contribution >= 4 is 11.9 Å². The van der Waals surface area contributed by atoms with E-state index in [4.69, 9.17) is 4.74 Å². The van der Waals surface area contributed by atoms with Gasteiger partial charge in [0.15, 0.2) is 5.78 Å². The Balaban J connectivity index is 1.35. The highest BCUT2D eigenvalue weighted by molar-refractivity contribution is 6.06. The first-order chi connectivity index (χ1) is 20.9. The number of amides is 1. The lowest BCUT2D eigenvalue weighted by molar-refractivity contribution is -0.122. The van der Waals surface area contributed by atoms with Gasteiger partial charge in [-0.05, 0) is 41.5 Å². The van der Waals surface area contributed by atoms with E-state index in [2.05, 4.69) is 5.32 Å². The molecule has 0 unspecified atom stereocenters. The second-order valence-electron chi connectivity index (χ2n) is 12.0. The molecule has 0 saturated carbocycles. The van der Waals surface area contributed by atoms with Crippen molar-refractivity contribution in [1.29, 1.82) is 0 Å². The quantitative estimate of drug-likeness (QED) is 0.287. The Morgan fingerprint density at radius 1 is 1.00 bits per heavy atom. The van der Waals surface area contributed by atoms with E-state index in [1.165, 1.54) is 4.90 Å². The van der Waals surface area contributed by atoms with Gasteiger partial charge >= 0.3 is 6.09 Å². The average Bonchev–Trinajstić information content (AvgIpc) is 3.72. The molecular weight excluding hydrogens is 544 g/mol. The van der Waals surface area contributed by atoms with E-state index in [1.807, 2.05) is 84.9 Å². The van der Waals surface area contributed by atoms with Gasteiger partial charge in [-0.25, -0.2) is 4.79 Å². The molecule has 0 radical (unpaired) electrons. The number of carbonyl (C=O) groups excluding carboxylic acids is 1. The van der Waals surface area contributed by atoms with Crippen molar-refractivity contribution in [2.45, 2.75) is 67.9 Å². The second-order valence-corrected chi connectivity index (χ2v) is 12.0. The van der Waals surface area contributed by atoms with Crippen LogP contribution in [0.25, 0.3) is 0 Å². The molecular formula is C35H38N2O6. The maximum Gasteiger partial charge on any atom is 0.407 e. The molecule has 1 amide bonds. The van der Waals surface area contributed by atoms with E-state index in [0.717, 1.165) is 22.3 Å². The Hall–Kier alpha value is -3.98. The first kappa shape index (κ1) is 29.1. The lowest BCUT2D eigenvalue weighted by atomic mass is 9.76. The molecule has 6 rings (SSSR count). The largest absolute Gasteiger partial charge is 0.465 e. The normalized spacial score (nSPS) is 26.0. The number of fused-ring (bicyclic) bond motifs is 1. The SMILES string of the molecule is O=C(O)N([C@H]1CCOC1)[C@@H](Cc1ccccc1)[C@@H](O)C[C@]1(Cc2ccccc2)NC=C([C@H]2c3ccccc3C[C@H]2O)C1=O. The fourth-order valence-corrected chi connectivity index (χ4v) is 7.18. The van der Waals surface area contributed by atoms with Gasteiger partial charge in [0.2, 0.25) is 0 Å². The van der Waals surface area contributed by atoms with E-state index in [-0.39, 0.29) is 25.2 Å². The Bertz CT molecular complexity index is 1470. The second kappa shape index (κ2) is 12.3. The smallest absolute Gasteiger partial charge is 0.407 e. The zero-order valence-electron chi connectivity index (χ0n) is 24.0. The molecule has 1 aliphatic carbocycles.